The highest BCUT2D eigenvalue weighted by Gasteiger charge is 2.83. The molecular formula is C22H30ClNO4. The highest BCUT2D eigenvalue weighted by atomic mass is 35.5. The van der Waals surface area contributed by atoms with Crippen LogP contribution in [0, 0.1) is 23.7 Å². The smallest absolute Gasteiger partial charge is 0.341 e. The van der Waals surface area contributed by atoms with Crippen LogP contribution in [0.5, 0.6) is 0 Å². The number of aliphatic hydroxyl groups is 1. The lowest BCUT2D eigenvalue weighted by Crippen LogP contribution is -3.28. The summed E-state index contributed by atoms with van der Waals surface area (Å²) in [5, 5.41) is 12.0. The fraction of sp³-hybridized carbons (Fsp3) is 0.818. The van der Waals surface area contributed by atoms with Gasteiger partial charge in [-0.25, -0.2) is 4.79 Å². The molecule has 0 amide bonds. The summed E-state index contributed by atoms with van der Waals surface area (Å²) in [7, 11) is 1.37. The van der Waals surface area contributed by atoms with Crippen LogP contribution in [0.4, 0.5) is 0 Å². The second-order valence-electron chi connectivity index (χ2n) is 10.2. The van der Waals surface area contributed by atoms with Crippen molar-refractivity contribution in [3.8, 4) is 0 Å². The third-order valence-electron chi connectivity index (χ3n) is 9.58. The second kappa shape index (κ2) is 5.83. The highest BCUT2D eigenvalue weighted by Crippen LogP contribution is 2.68. The van der Waals surface area contributed by atoms with Crippen molar-refractivity contribution in [2.45, 2.75) is 81.5 Å². The Morgan fingerprint density at radius 2 is 1.93 bits per heavy atom. The number of esters is 1. The number of quaternary nitrogens is 1. The maximum Gasteiger partial charge on any atom is 0.341 e. The molecule has 1 spiro atoms. The van der Waals surface area contributed by atoms with E-state index in [2.05, 4.69) is 6.92 Å². The fourth-order valence-electron chi connectivity index (χ4n) is 9.17. The van der Waals surface area contributed by atoms with Crippen molar-refractivity contribution in [3.05, 3.63) is 11.1 Å². The Balaban J connectivity index is 0.00000171. The lowest BCUT2D eigenvalue weighted by atomic mass is 9.54. The van der Waals surface area contributed by atoms with Crippen LogP contribution in [0.2, 0.25) is 0 Å². The second-order valence-corrected chi connectivity index (χ2v) is 10.2. The first kappa shape index (κ1) is 19.1. The third kappa shape index (κ3) is 1.79. The number of fused-ring (bicyclic) bond motifs is 2. The summed E-state index contributed by atoms with van der Waals surface area (Å²) in [6.45, 7) is 2.35. The van der Waals surface area contributed by atoms with Crippen molar-refractivity contribution in [3.63, 3.8) is 0 Å². The molecule has 0 aromatic heterocycles. The van der Waals surface area contributed by atoms with Gasteiger partial charge in [0, 0.05) is 35.7 Å². The summed E-state index contributed by atoms with van der Waals surface area (Å²) in [6, 6.07) is 1.03. The number of halogens is 1. The zero-order valence-electron chi connectivity index (χ0n) is 16.7. The Morgan fingerprint density at radius 3 is 2.68 bits per heavy atom. The molecule has 5 fully saturated rings. The molecule has 5 bridgehead atoms. The molecule has 3 aliphatic carbocycles. The average Bonchev–Trinajstić information content (AvgIpc) is 3.06. The largest absolute Gasteiger partial charge is 1.00 e. The zero-order valence-corrected chi connectivity index (χ0v) is 17.4. The van der Waals surface area contributed by atoms with Crippen molar-refractivity contribution in [2.24, 2.45) is 23.7 Å². The minimum Gasteiger partial charge on any atom is -1.00 e. The molecule has 0 aromatic rings. The number of ether oxygens (including phenoxy) is 1. The number of piperidine rings is 2. The molecule has 3 aliphatic heterocycles. The number of hydrogen-bond acceptors (Lipinski definition) is 4. The van der Waals surface area contributed by atoms with Gasteiger partial charge in [0.2, 0.25) is 0 Å². The van der Waals surface area contributed by atoms with E-state index in [1.165, 1.54) is 7.11 Å². The Labute approximate surface area is 172 Å². The highest BCUT2D eigenvalue weighted by molar-refractivity contribution is 6.20. The van der Waals surface area contributed by atoms with E-state index in [4.69, 9.17) is 4.74 Å². The average molecular weight is 408 g/mol. The minimum absolute atomic E-state index is 0. The molecule has 2 saturated carbocycles. The van der Waals surface area contributed by atoms with Crippen LogP contribution in [0.15, 0.2) is 11.1 Å². The lowest BCUT2D eigenvalue weighted by molar-refractivity contribution is -0.996. The van der Waals surface area contributed by atoms with Gasteiger partial charge in [-0.3, -0.25) is 4.79 Å². The Kier molecular flexibility index (Phi) is 3.97. The van der Waals surface area contributed by atoms with E-state index >= 15 is 0 Å². The van der Waals surface area contributed by atoms with Gasteiger partial charge in [0.25, 0.3) is 0 Å². The number of nitrogens with one attached hydrogen (secondary N) is 1. The first-order valence-corrected chi connectivity index (χ1v) is 10.9. The number of methoxy groups -OCH3 is 1. The Hall–Kier alpha value is -0.910. The van der Waals surface area contributed by atoms with Gasteiger partial charge < -0.3 is 27.2 Å². The van der Waals surface area contributed by atoms with Crippen molar-refractivity contribution in [2.75, 3.05) is 7.11 Å². The number of hydrogen-bond donors (Lipinski definition) is 2. The van der Waals surface area contributed by atoms with E-state index < -0.39 is 11.6 Å². The summed E-state index contributed by atoms with van der Waals surface area (Å²) in [5.41, 5.74) is -0.0696. The van der Waals surface area contributed by atoms with Crippen LogP contribution in [-0.4, -0.2) is 47.2 Å². The predicted molar refractivity (Wildman–Crippen MR) is 96.8 cm³/mol. The van der Waals surface area contributed by atoms with Crippen molar-refractivity contribution in [1.29, 1.82) is 0 Å². The van der Waals surface area contributed by atoms with Crippen LogP contribution in [0.25, 0.3) is 0 Å². The van der Waals surface area contributed by atoms with Crippen LogP contribution < -0.4 is 17.3 Å². The number of carbonyl (C=O) groups is 2. The summed E-state index contributed by atoms with van der Waals surface area (Å²) in [5.74, 6) is 0.309. The van der Waals surface area contributed by atoms with Gasteiger partial charge in [0.15, 0.2) is 5.78 Å². The third-order valence-corrected chi connectivity index (χ3v) is 9.58. The molecule has 5 nitrogen and oxygen atoms in total. The zero-order chi connectivity index (χ0) is 18.7. The summed E-state index contributed by atoms with van der Waals surface area (Å²) >= 11 is 0. The van der Waals surface area contributed by atoms with Gasteiger partial charge in [-0.1, -0.05) is 12.8 Å². The molecule has 0 radical (unpaired) electrons. The van der Waals surface area contributed by atoms with Crippen LogP contribution in [-0.2, 0) is 14.3 Å². The van der Waals surface area contributed by atoms with Crippen molar-refractivity contribution >= 4 is 11.8 Å². The van der Waals surface area contributed by atoms with Crippen LogP contribution in [0.1, 0.15) is 58.3 Å². The van der Waals surface area contributed by atoms with Crippen molar-refractivity contribution in [1.82, 2.24) is 0 Å². The molecule has 28 heavy (non-hydrogen) atoms. The van der Waals surface area contributed by atoms with E-state index in [9.17, 15) is 14.7 Å². The van der Waals surface area contributed by atoms with Gasteiger partial charge in [0.05, 0.1) is 19.2 Å². The van der Waals surface area contributed by atoms with E-state index in [1.54, 1.807) is 4.90 Å². The molecule has 6 rings (SSSR count). The lowest BCUT2D eigenvalue weighted by Gasteiger charge is -2.60. The summed E-state index contributed by atoms with van der Waals surface area (Å²) < 4.78 is 5.11. The molecule has 3 saturated heterocycles. The standard InChI is InChI=1S/C22H29NO4.ClH/c1-11-7-8-15-16-9-12-10-21(15,26)19-17(20(25)27-2)18(24)13-5-3-4-6-14(13)22(12,19)23(11)16;/h11-16,26H,3-10H2,1-2H3;1H/t11-,12-,13+,14+,15+,16+,21+,22+;/m0./s1. The summed E-state index contributed by atoms with van der Waals surface area (Å²) in [4.78, 5) is 28.0. The van der Waals surface area contributed by atoms with Crippen LogP contribution in [0.3, 0.4) is 0 Å². The molecular weight excluding hydrogens is 378 g/mol. The van der Waals surface area contributed by atoms with Crippen molar-refractivity contribution < 1.29 is 36.7 Å². The molecule has 6 aliphatic rings. The minimum atomic E-state index is -0.960. The Bertz CT molecular complexity index is 795. The number of Topliss-reactive ketones (excluding diaryl/α,β-unsaturated/α-hetero) is 1. The summed E-state index contributed by atoms with van der Waals surface area (Å²) in [6.07, 6.45) is 8.23. The Morgan fingerprint density at radius 1 is 1.18 bits per heavy atom. The van der Waals surface area contributed by atoms with Gasteiger partial charge in [-0.2, -0.15) is 0 Å². The first-order chi connectivity index (χ1) is 13.0. The van der Waals surface area contributed by atoms with E-state index in [-0.39, 0.29) is 41.1 Å². The van der Waals surface area contributed by atoms with Gasteiger partial charge in [-0.05, 0) is 39.0 Å². The molecule has 3 heterocycles. The fourth-order valence-corrected chi connectivity index (χ4v) is 9.17. The number of carbonyl (C=O) groups excluding carboxylic acids is 2. The molecule has 0 aromatic carbocycles. The van der Waals surface area contributed by atoms with Gasteiger partial charge in [-0.15, -0.1) is 0 Å². The topological polar surface area (TPSA) is 68.0 Å². The van der Waals surface area contributed by atoms with Gasteiger partial charge >= 0.3 is 5.97 Å². The molecule has 6 heteroatoms. The van der Waals surface area contributed by atoms with E-state index in [0.29, 0.717) is 23.9 Å². The quantitative estimate of drug-likeness (QED) is 0.383. The van der Waals surface area contributed by atoms with Gasteiger partial charge in [0.1, 0.15) is 16.7 Å². The molecule has 1 unspecified atom stereocenters. The number of ketones is 1. The SMILES string of the molecule is COC(=O)C1=C2[C@@]3([C@H]4C[C@@H]5[C@@H](CC[C@H](C)[NH+]53)[C@]2(O)C4)[C@@H]2CCCC[C@H]2C1=O.[Cl-]. The van der Waals surface area contributed by atoms with E-state index in [0.717, 1.165) is 56.9 Å². The maximum atomic E-state index is 13.5. The monoisotopic (exact) mass is 407 g/mol. The number of rotatable bonds is 1. The molecule has 2 N–H and O–H groups in total. The first-order valence-electron chi connectivity index (χ1n) is 10.9. The molecule has 154 valence electrons. The normalized spacial score (nSPS) is 52.8. The molecule has 9 atom stereocenters. The van der Waals surface area contributed by atoms with E-state index in [1.807, 2.05) is 0 Å². The maximum absolute atomic E-state index is 13.5. The van der Waals surface area contributed by atoms with Crippen LogP contribution >= 0.6 is 0 Å². The predicted octanol–water partition coefficient (Wildman–Crippen LogP) is -2.19.